The van der Waals surface area contributed by atoms with Crippen LogP contribution >= 0.6 is 11.3 Å². The number of nitrogen functional groups attached to an aromatic ring is 1. The normalized spacial score (nSPS) is 9.80. The van der Waals surface area contributed by atoms with E-state index in [1.54, 1.807) is 29.6 Å². The van der Waals surface area contributed by atoms with Crippen LogP contribution in [0.25, 0.3) is 0 Å². The number of carbonyl (C=O) groups is 1. The second-order valence-electron chi connectivity index (χ2n) is 3.92. The summed E-state index contributed by atoms with van der Waals surface area (Å²) in [6.07, 6.45) is 0. The van der Waals surface area contributed by atoms with E-state index < -0.39 is 5.97 Å². The Labute approximate surface area is 120 Å². The molecule has 0 spiro atoms. The van der Waals surface area contributed by atoms with E-state index in [1.807, 2.05) is 6.07 Å². The first-order valence-corrected chi connectivity index (χ1v) is 6.60. The molecule has 1 aromatic heterocycles. The minimum absolute atomic E-state index is 0.0227. The highest BCUT2D eigenvalue weighted by Gasteiger charge is 2.14. The van der Waals surface area contributed by atoms with Crippen LogP contribution < -0.4 is 10.5 Å². The van der Waals surface area contributed by atoms with E-state index in [9.17, 15) is 4.79 Å². The Hall–Kier alpha value is -2.52. The Morgan fingerprint density at radius 3 is 2.85 bits per heavy atom. The lowest BCUT2D eigenvalue weighted by Crippen LogP contribution is -2.06. The number of anilines is 1. The van der Waals surface area contributed by atoms with E-state index in [0.717, 1.165) is 0 Å². The molecule has 0 saturated heterocycles. The summed E-state index contributed by atoms with van der Waals surface area (Å²) < 4.78 is 10.4. The molecule has 0 aliphatic rings. The van der Waals surface area contributed by atoms with Crippen molar-refractivity contribution in [3.63, 3.8) is 0 Å². The fourth-order valence-electron chi connectivity index (χ4n) is 1.65. The predicted octanol–water partition coefficient (Wildman–Crippen LogP) is 2.57. The number of nitrogens with zero attached hydrogens (tertiary/aromatic N) is 1. The molecule has 6 heteroatoms. The molecule has 0 aliphatic carbocycles. The fourth-order valence-corrected chi connectivity index (χ4v) is 2.36. The van der Waals surface area contributed by atoms with Gasteiger partial charge in [0.1, 0.15) is 17.2 Å². The number of nitriles is 1. The van der Waals surface area contributed by atoms with Gasteiger partial charge in [-0.1, -0.05) is 0 Å². The lowest BCUT2D eigenvalue weighted by molar-refractivity contribution is 0.0477. The third-order valence-corrected chi connectivity index (χ3v) is 3.56. The Kier molecular flexibility index (Phi) is 4.23. The van der Waals surface area contributed by atoms with Crippen molar-refractivity contribution < 1.29 is 14.3 Å². The molecule has 20 heavy (non-hydrogen) atoms. The third kappa shape index (κ3) is 2.90. The van der Waals surface area contributed by atoms with Gasteiger partial charge in [0, 0.05) is 5.56 Å². The van der Waals surface area contributed by atoms with Crippen LogP contribution in [0.2, 0.25) is 0 Å². The van der Waals surface area contributed by atoms with E-state index in [2.05, 4.69) is 0 Å². The standard InChI is InChI=1S/C14H12N2O3S/c1-18-12-3-2-9(7-15)6-10(12)8-19-14(17)13-11(16)4-5-20-13/h2-6H,8,16H2,1H3. The van der Waals surface area contributed by atoms with E-state index in [4.69, 9.17) is 20.5 Å². The zero-order valence-electron chi connectivity index (χ0n) is 10.8. The van der Waals surface area contributed by atoms with Gasteiger partial charge >= 0.3 is 5.97 Å². The average Bonchev–Trinajstić information content (AvgIpc) is 2.90. The van der Waals surface area contributed by atoms with Crippen LogP contribution in [0, 0.1) is 11.3 Å². The van der Waals surface area contributed by atoms with Gasteiger partial charge in [0.2, 0.25) is 0 Å². The van der Waals surface area contributed by atoms with Crippen molar-refractivity contribution in [1.82, 2.24) is 0 Å². The molecular formula is C14H12N2O3S. The first kappa shape index (κ1) is 13.9. The molecule has 5 nitrogen and oxygen atoms in total. The number of esters is 1. The third-order valence-electron chi connectivity index (χ3n) is 2.65. The summed E-state index contributed by atoms with van der Waals surface area (Å²) in [5, 5.41) is 10.6. The van der Waals surface area contributed by atoms with E-state index in [0.29, 0.717) is 27.4 Å². The fraction of sp³-hybridized carbons (Fsp3) is 0.143. The van der Waals surface area contributed by atoms with Gasteiger partial charge in [-0.05, 0) is 29.6 Å². The molecule has 102 valence electrons. The molecule has 0 bridgehead atoms. The maximum Gasteiger partial charge on any atom is 0.350 e. The summed E-state index contributed by atoms with van der Waals surface area (Å²) in [6, 6.07) is 8.62. The van der Waals surface area contributed by atoms with Crippen molar-refractivity contribution in [3.8, 4) is 11.8 Å². The predicted molar refractivity (Wildman–Crippen MR) is 75.6 cm³/mol. The Morgan fingerprint density at radius 2 is 2.25 bits per heavy atom. The van der Waals surface area contributed by atoms with Gasteiger partial charge in [-0.2, -0.15) is 5.26 Å². The van der Waals surface area contributed by atoms with Gasteiger partial charge in [0.05, 0.1) is 24.4 Å². The SMILES string of the molecule is COc1ccc(C#N)cc1COC(=O)c1sccc1N. The van der Waals surface area contributed by atoms with Gasteiger partial charge in [-0.25, -0.2) is 4.79 Å². The van der Waals surface area contributed by atoms with Crippen molar-refractivity contribution >= 4 is 23.0 Å². The van der Waals surface area contributed by atoms with Crippen LogP contribution in [-0.4, -0.2) is 13.1 Å². The van der Waals surface area contributed by atoms with Gasteiger partial charge in [0.15, 0.2) is 0 Å². The first-order valence-electron chi connectivity index (χ1n) is 5.72. The highest BCUT2D eigenvalue weighted by molar-refractivity contribution is 7.12. The second-order valence-corrected chi connectivity index (χ2v) is 4.84. The van der Waals surface area contributed by atoms with Crippen LogP contribution in [-0.2, 0) is 11.3 Å². The molecule has 0 atom stereocenters. The second kappa shape index (κ2) is 6.08. The summed E-state index contributed by atoms with van der Waals surface area (Å²) >= 11 is 1.23. The van der Waals surface area contributed by atoms with Crippen LogP contribution in [0.4, 0.5) is 5.69 Å². The number of ether oxygens (including phenoxy) is 2. The van der Waals surface area contributed by atoms with Crippen LogP contribution in [0.1, 0.15) is 20.8 Å². The highest BCUT2D eigenvalue weighted by Crippen LogP contribution is 2.23. The number of methoxy groups -OCH3 is 1. The molecule has 1 heterocycles. The van der Waals surface area contributed by atoms with Crippen LogP contribution in [0.3, 0.4) is 0 Å². The molecule has 2 N–H and O–H groups in total. The summed E-state index contributed by atoms with van der Waals surface area (Å²) in [5.41, 5.74) is 7.17. The largest absolute Gasteiger partial charge is 0.496 e. The first-order chi connectivity index (χ1) is 9.65. The summed E-state index contributed by atoms with van der Waals surface area (Å²) in [7, 11) is 1.52. The summed E-state index contributed by atoms with van der Waals surface area (Å²) in [4.78, 5) is 12.2. The van der Waals surface area contributed by atoms with Gasteiger partial charge in [0.25, 0.3) is 0 Å². The summed E-state index contributed by atoms with van der Waals surface area (Å²) in [5.74, 6) is 0.0814. The highest BCUT2D eigenvalue weighted by atomic mass is 32.1. The van der Waals surface area contributed by atoms with Crippen molar-refractivity contribution in [2.75, 3.05) is 12.8 Å². The maximum atomic E-state index is 11.9. The monoisotopic (exact) mass is 288 g/mol. The minimum atomic E-state index is -0.484. The van der Waals surface area contributed by atoms with Gasteiger partial charge in [-0.15, -0.1) is 11.3 Å². The lowest BCUT2D eigenvalue weighted by Gasteiger charge is -2.09. The molecule has 0 aliphatic heterocycles. The topological polar surface area (TPSA) is 85.3 Å². The molecule has 1 aromatic carbocycles. The number of benzene rings is 1. The Balaban J connectivity index is 2.13. The molecule has 2 aromatic rings. The molecule has 2 rings (SSSR count). The zero-order valence-corrected chi connectivity index (χ0v) is 11.6. The van der Waals surface area contributed by atoms with E-state index in [1.165, 1.54) is 18.4 Å². The Bertz CT molecular complexity index is 673. The van der Waals surface area contributed by atoms with E-state index in [-0.39, 0.29) is 6.61 Å². The quantitative estimate of drug-likeness (QED) is 0.874. The van der Waals surface area contributed by atoms with Crippen molar-refractivity contribution in [1.29, 1.82) is 5.26 Å². The molecule has 0 fully saturated rings. The number of hydrogen-bond acceptors (Lipinski definition) is 6. The smallest absolute Gasteiger partial charge is 0.350 e. The number of nitrogens with two attached hydrogens (primary N) is 1. The van der Waals surface area contributed by atoms with Crippen LogP contribution in [0.5, 0.6) is 5.75 Å². The molecule has 0 unspecified atom stereocenters. The van der Waals surface area contributed by atoms with Crippen molar-refractivity contribution in [2.45, 2.75) is 6.61 Å². The Morgan fingerprint density at radius 1 is 1.45 bits per heavy atom. The number of carbonyl (C=O) groups excluding carboxylic acids is 1. The maximum absolute atomic E-state index is 11.9. The number of hydrogen-bond donors (Lipinski definition) is 1. The van der Waals surface area contributed by atoms with Gasteiger partial charge in [-0.3, -0.25) is 0 Å². The molecular weight excluding hydrogens is 276 g/mol. The van der Waals surface area contributed by atoms with Crippen molar-refractivity contribution in [3.05, 3.63) is 45.6 Å². The van der Waals surface area contributed by atoms with Crippen LogP contribution in [0.15, 0.2) is 29.6 Å². The number of thiophene rings is 1. The number of rotatable bonds is 4. The molecule has 0 radical (unpaired) electrons. The average molecular weight is 288 g/mol. The van der Waals surface area contributed by atoms with E-state index >= 15 is 0 Å². The zero-order chi connectivity index (χ0) is 14.5. The lowest BCUT2D eigenvalue weighted by atomic mass is 10.1. The van der Waals surface area contributed by atoms with Crippen molar-refractivity contribution in [2.24, 2.45) is 0 Å². The molecule has 0 amide bonds. The molecule has 0 saturated carbocycles. The van der Waals surface area contributed by atoms with Gasteiger partial charge < -0.3 is 15.2 Å². The minimum Gasteiger partial charge on any atom is -0.496 e. The summed E-state index contributed by atoms with van der Waals surface area (Å²) in [6.45, 7) is 0.0227.